The highest BCUT2D eigenvalue weighted by molar-refractivity contribution is 5.81. The van der Waals surface area contributed by atoms with E-state index in [4.69, 9.17) is 4.74 Å². The van der Waals surface area contributed by atoms with Gasteiger partial charge >= 0.3 is 6.09 Å². The van der Waals surface area contributed by atoms with Crippen molar-refractivity contribution in [3.63, 3.8) is 0 Å². The number of carbonyl (C=O) groups is 1. The third kappa shape index (κ3) is 2.80. The molecule has 0 spiro atoms. The zero-order valence-corrected chi connectivity index (χ0v) is 13.6. The minimum Gasteiger partial charge on any atom is -0.438 e. The molecular formula is C17H23N3O2. The Hall–Kier alpha value is -2.04. The van der Waals surface area contributed by atoms with Gasteiger partial charge in [0.1, 0.15) is 11.2 Å². The van der Waals surface area contributed by atoms with Crippen LogP contribution in [0.4, 0.5) is 4.79 Å². The van der Waals surface area contributed by atoms with Crippen molar-refractivity contribution < 1.29 is 9.53 Å². The highest BCUT2D eigenvalue weighted by Crippen LogP contribution is 2.49. The number of amides is 1. The summed E-state index contributed by atoms with van der Waals surface area (Å²) in [4.78, 5) is 19.8. The van der Waals surface area contributed by atoms with Crippen LogP contribution in [0.25, 0.3) is 11.0 Å². The molecule has 1 atom stereocenters. The van der Waals surface area contributed by atoms with Gasteiger partial charge in [-0.3, -0.25) is 0 Å². The van der Waals surface area contributed by atoms with Gasteiger partial charge in [-0.2, -0.15) is 0 Å². The van der Waals surface area contributed by atoms with Crippen LogP contribution < -0.4 is 5.32 Å². The molecule has 2 aromatic rings. The average molecular weight is 301 g/mol. The molecule has 1 aliphatic rings. The van der Waals surface area contributed by atoms with Crippen LogP contribution in [0.15, 0.2) is 24.5 Å². The van der Waals surface area contributed by atoms with Crippen LogP contribution in [-0.4, -0.2) is 21.6 Å². The van der Waals surface area contributed by atoms with Crippen molar-refractivity contribution in [3.8, 4) is 0 Å². The van der Waals surface area contributed by atoms with Crippen molar-refractivity contribution in [1.29, 1.82) is 0 Å². The zero-order valence-electron chi connectivity index (χ0n) is 13.6. The van der Waals surface area contributed by atoms with Crippen molar-refractivity contribution in [3.05, 3.63) is 30.1 Å². The van der Waals surface area contributed by atoms with E-state index in [0.717, 1.165) is 29.4 Å². The fourth-order valence-corrected chi connectivity index (χ4v) is 2.88. The van der Waals surface area contributed by atoms with E-state index in [9.17, 15) is 4.79 Å². The average Bonchev–Trinajstić information content (AvgIpc) is 3.16. The number of rotatable bonds is 3. The Labute approximate surface area is 130 Å². The van der Waals surface area contributed by atoms with Gasteiger partial charge in [-0.15, -0.1) is 0 Å². The van der Waals surface area contributed by atoms with Gasteiger partial charge in [0.15, 0.2) is 0 Å². The fourth-order valence-electron chi connectivity index (χ4n) is 2.88. The van der Waals surface area contributed by atoms with Gasteiger partial charge in [0.25, 0.3) is 0 Å². The highest BCUT2D eigenvalue weighted by atomic mass is 16.6. The number of H-pyrrole nitrogens is 1. The Kier molecular flexibility index (Phi) is 3.38. The van der Waals surface area contributed by atoms with Crippen LogP contribution >= 0.6 is 0 Å². The van der Waals surface area contributed by atoms with Gasteiger partial charge in [0.05, 0.1) is 0 Å². The molecule has 2 heterocycles. The third-order valence-electron chi connectivity index (χ3n) is 4.12. The summed E-state index contributed by atoms with van der Waals surface area (Å²) in [6, 6.07) is 3.92. The van der Waals surface area contributed by atoms with Crippen LogP contribution in [0, 0.1) is 5.92 Å². The van der Waals surface area contributed by atoms with Crippen LogP contribution in [0.2, 0.25) is 0 Å². The van der Waals surface area contributed by atoms with E-state index in [2.05, 4.69) is 15.3 Å². The number of hydrogen-bond acceptors (Lipinski definition) is 3. The lowest BCUT2D eigenvalue weighted by Crippen LogP contribution is -2.44. The summed E-state index contributed by atoms with van der Waals surface area (Å²) in [6.45, 7) is 7.83. The Balaban J connectivity index is 1.93. The van der Waals surface area contributed by atoms with Crippen molar-refractivity contribution in [2.75, 3.05) is 0 Å². The number of pyridine rings is 1. The molecule has 1 aliphatic carbocycles. The highest BCUT2D eigenvalue weighted by Gasteiger charge is 2.47. The predicted octanol–water partition coefficient (Wildman–Crippen LogP) is 3.71. The Morgan fingerprint density at radius 2 is 2.09 bits per heavy atom. The van der Waals surface area contributed by atoms with E-state index >= 15 is 0 Å². The number of fused-ring (bicyclic) bond motifs is 1. The molecule has 2 N–H and O–H groups in total. The summed E-state index contributed by atoms with van der Waals surface area (Å²) >= 11 is 0. The fraction of sp³-hybridized carbons (Fsp3) is 0.529. The quantitative estimate of drug-likeness (QED) is 0.908. The lowest BCUT2D eigenvalue weighted by molar-refractivity contribution is 0.00195. The van der Waals surface area contributed by atoms with E-state index in [0.29, 0.717) is 5.92 Å². The second-order valence-corrected chi connectivity index (χ2v) is 7.25. The van der Waals surface area contributed by atoms with Gasteiger partial charge in [0.2, 0.25) is 0 Å². The Morgan fingerprint density at radius 3 is 2.73 bits per heavy atom. The van der Waals surface area contributed by atoms with E-state index in [1.807, 2.05) is 46.0 Å². The molecule has 1 amide bonds. The molecule has 2 aromatic heterocycles. The number of ether oxygens (including phenoxy) is 1. The summed E-state index contributed by atoms with van der Waals surface area (Å²) in [5.74, 6) is 0.359. The molecule has 5 nitrogen and oxygen atoms in total. The van der Waals surface area contributed by atoms with Gasteiger partial charge in [-0.1, -0.05) is 0 Å². The topological polar surface area (TPSA) is 67.0 Å². The number of alkyl carbamates (subject to hydrolysis) is 1. The molecule has 22 heavy (non-hydrogen) atoms. The first-order valence-electron chi connectivity index (χ1n) is 7.73. The normalized spacial score (nSPS) is 18.0. The number of aromatic amines is 1. The molecule has 5 heteroatoms. The lowest BCUT2D eigenvalue weighted by atomic mass is 9.90. The first-order chi connectivity index (χ1) is 10.3. The van der Waals surface area contributed by atoms with Crippen LogP contribution in [0.3, 0.4) is 0 Å². The first-order valence-corrected chi connectivity index (χ1v) is 7.73. The van der Waals surface area contributed by atoms with Crippen molar-refractivity contribution >= 4 is 17.1 Å². The summed E-state index contributed by atoms with van der Waals surface area (Å²) in [5.41, 5.74) is 0.881. The van der Waals surface area contributed by atoms with E-state index in [1.54, 1.807) is 6.20 Å². The predicted molar refractivity (Wildman–Crippen MR) is 85.5 cm³/mol. The number of carbonyl (C=O) groups excluding carboxylic acids is 1. The molecule has 1 saturated carbocycles. The molecule has 118 valence electrons. The van der Waals surface area contributed by atoms with Gasteiger partial charge in [0, 0.05) is 34.8 Å². The molecule has 3 rings (SSSR count). The zero-order chi connectivity index (χ0) is 16.0. The second kappa shape index (κ2) is 5.00. The van der Waals surface area contributed by atoms with Crippen LogP contribution in [-0.2, 0) is 10.3 Å². The van der Waals surface area contributed by atoms with Gasteiger partial charge in [-0.25, -0.2) is 9.78 Å². The largest absolute Gasteiger partial charge is 0.438 e. The molecule has 0 radical (unpaired) electrons. The van der Waals surface area contributed by atoms with E-state index < -0.39 is 5.60 Å². The van der Waals surface area contributed by atoms with Crippen LogP contribution in [0.5, 0.6) is 0 Å². The molecule has 0 aromatic carbocycles. The summed E-state index contributed by atoms with van der Waals surface area (Å²) in [7, 11) is 0. The number of nitrogens with one attached hydrogen (secondary N) is 2. The monoisotopic (exact) mass is 301 g/mol. The maximum atomic E-state index is 12.3. The summed E-state index contributed by atoms with van der Waals surface area (Å²) in [6.07, 6.45) is 5.45. The molecular weight excluding hydrogens is 278 g/mol. The van der Waals surface area contributed by atoms with Crippen molar-refractivity contribution in [2.24, 2.45) is 5.92 Å². The maximum Gasteiger partial charge on any atom is 0.408 e. The minimum atomic E-state index is -0.628. The standard InChI is InChI=1S/C17H23N3O2/c1-16(2,3)20-15(21)22-17(4,11-7-8-11)13-10-19-14-12(13)6-5-9-18-14/h5-6,9-11H,7-8H2,1-4H3,(H,18,19)(H,20,21). The van der Waals surface area contributed by atoms with Gasteiger partial charge < -0.3 is 15.0 Å². The van der Waals surface area contributed by atoms with Crippen molar-refractivity contribution in [2.45, 2.75) is 51.7 Å². The maximum absolute atomic E-state index is 12.3. The minimum absolute atomic E-state index is 0.316. The Morgan fingerprint density at radius 1 is 1.36 bits per heavy atom. The van der Waals surface area contributed by atoms with Gasteiger partial charge in [-0.05, 0) is 52.7 Å². The molecule has 0 aliphatic heterocycles. The summed E-state index contributed by atoms with van der Waals surface area (Å²) in [5, 5.41) is 3.89. The van der Waals surface area contributed by atoms with E-state index in [1.165, 1.54) is 0 Å². The SMILES string of the molecule is CC(C)(C)NC(=O)OC(C)(c1c[nH]c2ncccc12)C1CC1. The second-order valence-electron chi connectivity index (χ2n) is 7.25. The van der Waals surface area contributed by atoms with Crippen LogP contribution in [0.1, 0.15) is 46.1 Å². The Bertz CT molecular complexity index is 697. The molecule has 0 bridgehead atoms. The summed E-state index contributed by atoms with van der Waals surface area (Å²) < 4.78 is 5.89. The molecule has 0 saturated heterocycles. The van der Waals surface area contributed by atoms with E-state index in [-0.39, 0.29) is 11.6 Å². The lowest BCUT2D eigenvalue weighted by Gasteiger charge is -2.31. The first kappa shape index (κ1) is 14.9. The van der Waals surface area contributed by atoms with Crippen molar-refractivity contribution in [1.82, 2.24) is 15.3 Å². The third-order valence-corrected chi connectivity index (χ3v) is 4.12. The number of hydrogen-bond donors (Lipinski definition) is 2. The smallest absolute Gasteiger partial charge is 0.408 e. The number of aromatic nitrogens is 2. The molecule has 1 unspecified atom stereocenters. The molecule has 1 fully saturated rings. The number of nitrogens with zero attached hydrogens (tertiary/aromatic N) is 1.